The van der Waals surface area contributed by atoms with Crippen molar-refractivity contribution in [3.05, 3.63) is 76.8 Å². The van der Waals surface area contributed by atoms with E-state index in [1.54, 1.807) is 54.6 Å². The summed E-state index contributed by atoms with van der Waals surface area (Å²) in [6.07, 6.45) is 5.57. The van der Waals surface area contributed by atoms with Gasteiger partial charge in [-0.25, -0.2) is 4.79 Å². The van der Waals surface area contributed by atoms with Crippen LogP contribution in [-0.2, 0) is 14.4 Å². The van der Waals surface area contributed by atoms with Crippen LogP contribution in [0.4, 0.5) is 10.5 Å². The van der Waals surface area contributed by atoms with Gasteiger partial charge in [0.15, 0.2) is 5.84 Å². The fourth-order valence-electron chi connectivity index (χ4n) is 2.78. The van der Waals surface area contributed by atoms with E-state index < -0.39 is 12.2 Å². The van der Waals surface area contributed by atoms with E-state index in [9.17, 15) is 9.59 Å². The minimum Gasteiger partial charge on any atom is -0.436 e. The highest BCUT2D eigenvalue weighted by Gasteiger charge is 2.30. The average molecular weight is 412 g/mol. The molecular formula is C21H18ClN3O4. The molecule has 1 heterocycles. The van der Waals surface area contributed by atoms with E-state index in [4.69, 9.17) is 17.0 Å². The topological polar surface area (TPSA) is 91.7 Å². The second-order valence-electron chi connectivity index (χ2n) is 6.03. The summed E-state index contributed by atoms with van der Waals surface area (Å²) in [5.41, 5.74) is 4.50. The Bertz CT molecular complexity index is 986. The van der Waals surface area contributed by atoms with Gasteiger partial charge in [0.25, 0.3) is 5.91 Å². The van der Waals surface area contributed by atoms with Crippen molar-refractivity contribution in [1.82, 2.24) is 5.48 Å². The van der Waals surface area contributed by atoms with E-state index in [1.165, 1.54) is 11.0 Å². The van der Waals surface area contributed by atoms with Crippen LogP contribution < -0.4 is 10.4 Å². The summed E-state index contributed by atoms with van der Waals surface area (Å²) in [6, 6.07) is 13.6. The van der Waals surface area contributed by atoms with Crippen molar-refractivity contribution in [2.24, 2.45) is 0 Å². The molecule has 1 amide bonds. The third kappa shape index (κ3) is 4.83. The molecule has 1 atom stereocenters. The highest BCUT2D eigenvalue weighted by molar-refractivity contribution is 6.30. The molecule has 2 aromatic carbocycles. The number of nitrogens with zero attached hydrogens (tertiary/aromatic N) is 1. The normalized spacial score (nSPS) is 15.0. The number of hydrogen-bond acceptors (Lipinski definition) is 5. The molecule has 2 aromatic rings. The second kappa shape index (κ2) is 9.07. The molecule has 7 nitrogen and oxygen atoms in total. The van der Waals surface area contributed by atoms with Crippen molar-refractivity contribution in [2.75, 3.05) is 12.0 Å². The zero-order valence-corrected chi connectivity index (χ0v) is 16.2. The van der Waals surface area contributed by atoms with Crippen molar-refractivity contribution in [3.8, 4) is 0 Å². The second-order valence-corrected chi connectivity index (χ2v) is 6.46. The van der Waals surface area contributed by atoms with E-state index in [2.05, 4.69) is 15.1 Å². The molecule has 0 fully saturated rings. The average Bonchev–Trinajstić information content (AvgIpc) is 2.75. The molecule has 1 aliphatic rings. The maximum absolute atomic E-state index is 13.0. The molecule has 1 unspecified atom stereocenters. The largest absolute Gasteiger partial charge is 0.532 e. The smallest absolute Gasteiger partial charge is 0.436 e. The first-order valence-corrected chi connectivity index (χ1v) is 9.00. The lowest BCUT2D eigenvalue weighted by Gasteiger charge is -2.33. The molecule has 3 rings (SSSR count). The third-order valence-electron chi connectivity index (χ3n) is 4.17. The number of ether oxygens (including phenoxy) is 1. The summed E-state index contributed by atoms with van der Waals surface area (Å²) < 4.78 is 4.37. The molecule has 0 saturated carbocycles. The Morgan fingerprint density at radius 1 is 1.17 bits per heavy atom. The number of carbonyl (C=O) groups is 2. The van der Waals surface area contributed by atoms with Gasteiger partial charge in [0.05, 0.1) is 12.8 Å². The molecule has 148 valence electrons. The number of amides is 1. The highest BCUT2D eigenvalue weighted by Crippen LogP contribution is 2.29. The fourth-order valence-corrected chi connectivity index (χ4v) is 2.91. The van der Waals surface area contributed by atoms with Crippen LogP contribution in [0.3, 0.4) is 0 Å². The predicted octanol–water partition coefficient (Wildman–Crippen LogP) is 4.05. The lowest BCUT2D eigenvalue weighted by Crippen LogP contribution is -2.49. The van der Waals surface area contributed by atoms with E-state index in [0.717, 1.165) is 18.2 Å². The van der Waals surface area contributed by atoms with Crippen LogP contribution in [0, 0.1) is 5.41 Å². The zero-order valence-electron chi connectivity index (χ0n) is 15.5. The van der Waals surface area contributed by atoms with Crippen LogP contribution in [0.15, 0.2) is 60.7 Å². The Labute approximate surface area is 172 Å². The molecule has 8 heteroatoms. The van der Waals surface area contributed by atoms with Gasteiger partial charge in [0.2, 0.25) is 0 Å². The number of hydroxylamine groups is 1. The molecule has 0 radical (unpaired) electrons. The zero-order chi connectivity index (χ0) is 20.8. The third-order valence-corrected chi connectivity index (χ3v) is 4.42. The van der Waals surface area contributed by atoms with Crippen molar-refractivity contribution >= 4 is 47.3 Å². The van der Waals surface area contributed by atoms with Gasteiger partial charge in [-0.1, -0.05) is 54.1 Å². The number of halogens is 1. The van der Waals surface area contributed by atoms with Crippen molar-refractivity contribution in [3.63, 3.8) is 0 Å². The maximum atomic E-state index is 13.0. The minimum absolute atomic E-state index is 0.200. The molecule has 0 bridgehead atoms. The van der Waals surface area contributed by atoms with Gasteiger partial charge >= 0.3 is 6.16 Å². The summed E-state index contributed by atoms with van der Waals surface area (Å²) in [4.78, 5) is 30.3. The molecule has 2 N–H and O–H groups in total. The molecule has 1 aliphatic heterocycles. The van der Waals surface area contributed by atoms with Gasteiger partial charge in [-0.15, -0.1) is 0 Å². The van der Waals surface area contributed by atoms with Crippen LogP contribution >= 0.6 is 11.6 Å². The minimum atomic E-state index is -0.990. The number of nitrogens with one attached hydrogen (secondary N) is 2. The molecule has 0 spiro atoms. The number of fused-ring (bicyclic) bond motifs is 1. The van der Waals surface area contributed by atoms with Crippen molar-refractivity contribution < 1.29 is 19.2 Å². The van der Waals surface area contributed by atoms with Crippen LogP contribution in [0.5, 0.6) is 0 Å². The summed E-state index contributed by atoms with van der Waals surface area (Å²) in [6.45, 7) is 0. The first-order valence-electron chi connectivity index (χ1n) is 8.63. The molecular weight excluding hydrogens is 394 g/mol. The first-order chi connectivity index (χ1) is 14.0. The highest BCUT2D eigenvalue weighted by atomic mass is 35.5. The Kier molecular flexibility index (Phi) is 6.31. The van der Waals surface area contributed by atoms with Gasteiger partial charge in [-0.3, -0.25) is 15.1 Å². The monoisotopic (exact) mass is 411 g/mol. The number of amidine groups is 1. The van der Waals surface area contributed by atoms with Gasteiger partial charge < -0.3 is 9.57 Å². The Morgan fingerprint density at radius 3 is 2.62 bits per heavy atom. The standard InChI is InChI=1S/C21H18ClN3O4/c1-28-21(27)29-24-20(23)18-12-9-15-4-2-3-5-17(15)25(18)19(26)13-8-14-6-10-16(22)11-7-14/h2-13,18H,1H3,(H2,23,24)/b13-8+. The molecule has 0 saturated heterocycles. The van der Waals surface area contributed by atoms with E-state index in [0.29, 0.717) is 10.7 Å². The van der Waals surface area contributed by atoms with E-state index in [-0.39, 0.29) is 11.7 Å². The van der Waals surface area contributed by atoms with Gasteiger partial charge in [-0.05, 0) is 35.4 Å². The van der Waals surface area contributed by atoms with Gasteiger partial charge in [0.1, 0.15) is 6.04 Å². The van der Waals surface area contributed by atoms with Crippen LogP contribution in [0.25, 0.3) is 12.2 Å². The van der Waals surface area contributed by atoms with Gasteiger partial charge in [0, 0.05) is 11.1 Å². The Morgan fingerprint density at radius 2 is 1.90 bits per heavy atom. The number of hydrogen-bond donors (Lipinski definition) is 2. The summed E-state index contributed by atoms with van der Waals surface area (Å²) in [5, 5.41) is 8.81. The van der Waals surface area contributed by atoms with Crippen LogP contribution in [-0.4, -0.2) is 31.0 Å². The molecule has 29 heavy (non-hydrogen) atoms. The van der Waals surface area contributed by atoms with E-state index >= 15 is 0 Å². The number of benzene rings is 2. The number of anilines is 1. The number of para-hydroxylation sites is 1. The SMILES string of the molecule is COC(=O)ONC(=N)C1C=Cc2ccccc2N1C(=O)/C=C/c1ccc(Cl)cc1. The lowest BCUT2D eigenvalue weighted by atomic mass is 10.0. The fraction of sp³-hybridized carbons (Fsp3) is 0.0952. The quantitative estimate of drug-likeness (QED) is 0.261. The maximum Gasteiger partial charge on any atom is 0.532 e. The summed E-state index contributed by atoms with van der Waals surface area (Å²) >= 11 is 5.89. The Balaban J connectivity index is 1.86. The Hall–Kier alpha value is -3.58. The first kappa shape index (κ1) is 20.2. The molecule has 0 aromatic heterocycles. The number of rotatable bonds is 3. The number of carbonyl (C=O) groups excluding carboxylic acids is 2. The van der Waals surface area contributed by atoms with Crippen LogP contribution in [0.1, 0.15) is 11.1 Å². The predicted molar refractivity (Wildman–Crippen MR) is 112 cm³/mol. The molecule has 0 aliphatic carbocycles. The van der Waals surface area contributed by atoms with Gasteiger partial charge in [-0.2, -0.15) is 5.48 Å². The summed E-state index contributed by atoms with van der Waals surface area (Å²) in [7, 11) is 1.15. The lowest BCUT2D eigenvalue weighted by molar-refractivity contribution is -0.114. The van der Waals surface area contributed by atoms with Crippen molar-refractivity contribution in [2.45, 2.75) is 6.04 Å². The van der Waals surface area contributed by atoms with Crippen LogP contribution in [0.2, 0.25) is 5.02 Å². The van der Waals surface area contributed by atoms with Crippen molar-refractivity contribution in [1.29, 1.82) is 5.41 Å². The van der Waals surface area contributed by atoms with E-state index in [1.807, 2.05) is 12.1 Å². The summed E-state index contributed by atoms with van der Waals surface area (Å²) in [5.74, 6) is -0.541. The number of methoxy groups -OCH3 is 1.